The van der Waals surface area contributed by atoms with E-state index in [9.17, 15) is 4.79 Å². The van der Waals surface area contributed by atoms with Crippen LogP contribution in [0, 0.1) is 5.92 Å². The van der Waals surface area contributed by atoms with Crippen LogP contribution in [0.4, 0.5) is 5.13 Å². The van der Waals surface area contributed by atoms with Crippen molar-refractivity contribution in [2.24, 2.45) is 5.92 Å². The second-order valence-corrected chi connectivity index (χ2v) is 6.55. The Balaban J connectivity index is 1.58. The molecule has 1 amide bonds. The van der Waals surface area contributed by atoms with Gasteiger partial charge < -0.3 is 5.32 Å². The number of amides is 1. The molecule has 0 unspecified atom stereocenters. The highest BCUT2D eigenvalue weighted by Gasteiger charge is 2.22. The van der Waals surface area contributed by atoms with Gasteiger partial charge in [0.05, 0.1) is 0 Å². The molecule has 1 fully saturated rings. The average Bonchev–Trinajstić information content (AvgIpc) is 2.96. The summed E-state index contributed by atoms with van der Waals surface area (Å²) in [6, 6.07) is 10.2. The fourth-order valence-corrected chi connectivity index (χ4v) is 3.50. The lowest BCUT2D eigenvalue weighted by molar-refractivity contribution is -0.120. The summed E-state index contributed by atoms with van der Waals surface area (Å²) in [4.78, 5) is 12.2. The van der Waals surface area contributed by atoms with Crippen molar-refractivity contribution in [1.29, 1.82) is 0 Å². The van der Waals surface area contributed by atoms with Crippen molar-refractivity contribution in [1.82, 2.24) is 10.2 Å². The van der Waals surface area contributed by atoms with Gasteiger partial charge in [-0.05, 0) is 18.4 Å². The Labute approximate surface area is 128 Å². The summed E-state index contributed by atoms with van der Waals surface area (Å²) in [6.07, 6.45) is 6.34. The minimum atomic E-state index is 0.108. The van der Waals surface area contributed by atoms with Crippen molar-refractivity contribution in [2.75, 3.05) is 5.32 Å². The zero-order valence-corrected chi connectivity index (χ0v) is 12.7. The Morgan fingerprint density at radius 2 is 1.90 bits per heavy atom. The standard InChI is InChI=1S/C16H19N3OS/c20-15(13-9-5-2-6-10-13)17-16-19-18-14(21-16)11-12-7-3-1-4-8-12/h1,3-4,7-8,13H,2,5-6,9-11H2,(H,17,19,20). The van der Waals surface area contributed by atoms with Crippen LogP contribution in [-0.2, 0) is 11.2 Å². The normalized spacial score (nSPS) is 15.8. The molecule has 0 radical (unpaired) electrons. The lowest BCUT2D eigenvalue weighted by atomic mass is 9.89. The lowest BCUT2D eigenvalue weighted by Crippen LogP contribution is -2.24. The second kappa shape index (κ2) is 6.80. The first kappa shape index (κ1) is 14.2. The maximum atomic E-state index is 12.2. The van der Waals surface area contributed by atoms with Gasteiger partial charge in [-0.2, -0.15) is 0 Å². The molecule has 1 aliphatic carbocycles. The monoisotopic (exact) mass is 301 g/mol. The van der Waals surface area contributed by atoms with Crippen LogP contribution in [0.2, 0.25) is 0 Å². The summed E-state index contributed by atoms with van der Waals surface area (Å²) in [5.41, 5.74) is 1.21. The molecule has 4 nitrogen and oxygen atoms in total. The van der Waals surface area contributed by atoms with Gasteiger partial charge in [0.1, 0.15) is 5.01 Å². The maximum Gasteiger partial charge on any atom is 0.229 e. The molecule has 21 heavy (non-hydrogen) atoms. The Hall–Kier alpha value is -1.75. The fraction of sp³-hybridized carbons (Fsp3) is 0.438. The number of benzene rings is 1. The Bertz CT molecular complexity index is 591. The van der Waals surface area contributed by atoms with E-state index < -0.39 is 0 Å². The van der Waals surface area contributed by atoms with Gasteiger partial charge in [-0.3, -0.25) is 4.79 Å². The molecule has 0 aliphatic heterocycles. The van der Waals surface area contributed by atoms with Crippen molar-refractivity contribution in [3.63, 3.8) is 0 Å². The molecule has 2 aromatic rings. The molecule has 1 aromatic carbocycles. The number of carbonyl (C=O) groups excluding carboxylic acids is 1. The molecule has 3 rings (SSSR count). The predicted octanol–water partition coefficient (Wildman–Crippen LogP) is 3.65. The highest BCUT2D eigenvalue weighted by atomic mass is 32.1. The highest BCUT2D eigenvalue weighted by Crippen LogP contribution is 2.26. The minimum absolute atomic E-state index is 0.108. The van der Waals surface area contributed by atoms with Gasteiger partial charge in [0.15, 0.2) is 0 Å². The molecule has 1 aliphatic rings. The number of rotatable bonds is 4. The number of hydrogen-bond acceptors (Lipinski definition) is 4. The minimum Gasteiger partial charge on any atom is -0.300 e. The Morgan fingerprint density at radius 1 is 1.14 bits per heavy atom. The smallest absolute Gasteiger partial charge is 0.229 e. The lowest BCUT2D eigenvalue weighted by Gasteiger charge is -2.19. The summed E-state index contributed by atoms with van der Waals surface area (Å²) in [5.74, 6) is 0.261. The Morgan fingerprint density at radius 3 is 2.67 bits per heavy atom. The van der Waals surface area contributed by atoms with E-state index in [1.54, 1.807) is 0 Å². The summed E-state index contributed by atoms with van der Waals surface area (Å²) >= 11 is 1.47. The molecule has 1 aromatic heterocycles. The van der Waals surface area contributed by atoms with Crippen LogP contribution in [-0.4, -0.2) is 16.1 Å². The van der Waals surface area contributed by atoms with Crippen molar-refractivity contribution >= 4 is 22.4 Å². The molecular formula is C16H19N3OS. The zero-order valence-electron chi connectivity index (χ0n) is 11.9. The summed E-state index contributed by atoms with van der Waals surface area (Å²) in [5, 5.41) is 12.7. The largest absolute Gasteiger partial charge is 0.300 e. The summed E-state index contributed by atoms with van der Waals surface area (Å²) in [6.45, 7) is 0. The molecule has 1 N–H and O–H groups in total. The number of nitrogens with zero attached hydrogens (tertiary/aromatic N) is 2. The number of carbonyl (C=O) groups is 1. The van der Waals surface area contributed by atoms with Crippen LogP contribution in [0.25, 0.3) is 0 Å². The van der Waals surface area contributed by atoms with Crippen LogP contribution in [0.3, 0.4) is 0 Å². The van der Waals surface area contributed by atoms with Crippen molar-refractivity contribution in [3.05, 3.63) is 40.9 Å². The van der Waals surface area contributed by atoms with Gasteiger partial charge in [-0.1, -0.05) is 60.9 Å². The fourth-order valence-electron chi connectivity index (χ4n) is 2.72. The van der Waals surface area contributed by atoms with E-state index in [2.05, 4.69) is 27.6 Å². The van der Waals surface area contributed by atoms with E-state index in [-0.39, 0.29) is 11.8 Å². The zero-order chi connectivity index (χ0) is 14.5. The quantitative estimate of drug-likeness (QED) is 0.938. The van der Waals surface area contributed by atoms with E-state index >= 15 is 0 Å². The van der Waals surface area contributed by atoms with Gasteiger partial charge in [0.2, 0.25) is 11.0 Å². The Kier molecular flexibility index (Phi) is 4.60. The second-order valence-electron chi connectivity index (χ2n) is 5.49. The molecule has 0 spiro atoms. The first-order chi connectivity index (χ1) is 10.3. The van der Waals surface area contributed by atoms with Crippen LogP contribution < -0.4 is 5.32 Å². The van der Waals surface area contributed by atoms with Gasteiger partial charge in [0, 0.05) is 12.3 Å². The van der Waals surface area contributed by atoms with E-state index in [0.717, 1.165) is 37.1 Å². The number of nitrogens with one attached hydrogen (secondary N) is 1. The first-order valence-corrected chi connectivity index (χ1v) is 8.30. The van der Waals surface area contributed by atoms with Gasteiger partial charge in [0.25, 0.3) is 0 Å². The van der Waals surface area contributed by atoms with E-state index in [1.165, 1.54) is 23.3 Å². The number of hydrogen-bond donors (Lipinski definition) is 1. The number of aromatic nitrogens is 2. The maximum absolute atomic E-state index is 12.2. The van der Waals surface area contributed by atoms with Crippen LogP contribution in [0.1, 0.15) is 42.7 Å². The first-order valence-electron chi connectivity index (χ1n) is 7.48. The van der Waals surface area contributed by atoms with Crippen molar-refractivity contribution in [2.45, 2.75) is 38.5 Å². The molecule has 1 saturated carbocycles. The third-order valence-electron chi connectivity index (χ3n) is 3.87. The summed E-state index contributed by atoms with van der Waals surface area (Å²) in [7, 11) is 0. The van der Waals surface area contributed by atoms with Crippen molar-refractivity contribution in [3.8, 4) is 0 Å². The van der Waals surface area contributed by atoms with E-state index in [1.807, 2.05) is 18.2 Å². The van der Waals surface area contributed by atoms with Crippen LogP contribution >= 0.6 is 11.3 Å². The SMILES string of the molecule is O=C(Nc1nnc(Cc2ccccc2)s1)C1CCCCC1. The molecule has 0 atom stereocenters. The predicted molar refractivity (Wildman–Crippen MR) is 84.4 cm³/mol. The van der Waals surface area contributed by atoms with Crippen LogP contribution in [0.15, 0.2) is 30.3 Å². The molecule has 0 saturated heterocycles. The van der Waals surface area contributed by atoms with E-state index in [4.69, 9.17) is 0 Å². The van der Waals surface area contributed by atoms with Crippen LogP contribution in [0.5, 0.6) is 0 Å². The molecule has 5 heteroatoms. The molecule has 1 heterocycles. The number of anilines is 1. The molecular weight excluding hydrogens is 282 g/mol. The van der Waals surface area contributed by atoms with Gasteiger partial charge in [-0.25, -0.2) is 0 Å². The third-order valence-corrected chi connectivity index (χ3v) is 4.71. The topological polar surface area (TPSA) is 54.9 Å². The molecule has 0 bridgehead atoms. The van der Waals surface area contributed by atoms with Gasteiger partial charge >= 0.3 is 0 Å². The van der Waals surface area contributed by atoms with Gasteiger partial charge in [-0.15, -0.1) is 10.2 Å². The van der Waals surface area contributed by atoms with Crippen molar-refractivity contribution < 1.29 is 4.79 Å². The third kappa shape index (κ3) is 3.88. The van der Waals surface area contributed by atoms with E-state index in [0.29, 0.717) is 5.13 Å². The average molecular weight is 301 g/mol. The highest BCUT2D eigenvalue weighted by molar-refractivity contribution is 7.15. The molecule has 110 valence electrons. The summed E-state index contributed by atoms with van der Waals surface area (Å²) < 4.78 is 0.